The second-order valence-electron chi connectivity index (χ2n) is 4.32. The summed E-state index contributed by atoms with van der Waals surface area (Å²) in [6, 6.07) is 7.10. The number of hydrogen-bond acceptors (Lipinski definition) is 4. The Morgan fingerprint density at radius 3 is 2.67 bits per heavy atom. The minimum atomic E-state index is -0.808. The van der Waals surface area contributed by atoms with E-state index >= 15 is 0 Å². The number of nitrogens with one attached hydrogen (secondary N) is 1. The molecule has 0 bridgehead atoms. The zero-order valence-electron chi connectivity index (χ0n) is 10.7. The molecular formula is C14H9F2N5. The molecule has 0 aliphatic carbocycles. The maximum absolute atomic E-state index is 13.8. The lowest BCUT2D eigenvalue weighted by Gasteiger charge is -2.10. The van der Waals surface area contributed by atoms with Crippen LogP contribution in [0.2, 0.25) is 0 Å². The molecule has 7 heteroatoms. The van der Waals surface area contributed by atoms with Gasteiger partial charge in [0.25, 0.3) is 0 Å². The Labute approximate surface area is 118 Å². The average Bonchev–Trinajstić information content (AvgIpc) is 2.95. The van der Waals surface area contributed by atoms with E-state index in [0.29, 0.717) is 11.3 Å². The number of rotatable bonds is 3. The Morgan fingerprint density at radius 1 is 1.19 bits per heavy atom. The van der Waals surface area contributed by atoms with Crippen LogP contribution in [0.3, 0.4) is 0 Å². The molecule has 0 aliphatic rings. The largest absolute Gasteiger partial charge is 0.375 e. The van der Waals surface area contributed by atoms with Crippen LogP contribution < -0.4 is 5.32 Å². The minimum absolute atomic E-state index is 0.0612. The monoisotopic (exact) mass is 285 g/mol. The predicted octanol–water partition coefficient (Wildman–Crippen LogP) is 2.49. The van der Waals surface area contributed by atoms with Crippen LogP contribution in [0.1, 0.15) is 11.3 Å². The standard InChI is InChI=1S/C14H9F2N5/c15-11-5-9(7-17)6-12(16)14(11)19-8-10-1-3-18-13-2-4-20-21(10)13/h1-6,19H,8H2. The van der Waals surface area contributed by atoms with Gasteiger partial charge in [-0.1, -0.05) is 0 Å². The number of fused-ring (bicyclic) bond motifs is 1. The second-order valence-corrected chi connectivity index (χ2v) is 4.32. The van der Waals surface area contributed by atoms with Crippen LogP contribution in [0.4, 0.5) is 14.5 Å². The maximum Gasteiger partial charge on any atom is 0.155 e. The number of hydrogen-bond donors (Lipinski definition) is 1. The van der Waals surface area contributed by atoms with E-state index in [2.05, 4.69) is 15.4 Å². The lowest BCUT2D eigenvalue weighted by Crippen LogP contribution is -2.09. The first kappa shape index (κ1) is 13.0. The van der Waals surface area contributed by atoms with Gasteiger partial charge in [-0.3, -0.25) is 0 Å². The third-order valence-electron chi connectivity index (χ3n) is 2.99. The van der Waals surface area contributed by atoms with Crippen LogP contribution in [0.25, 0.3) is 5.65 Å². The van der Waals surface area contributed by atoms with Crippen molar-refractivity contribution in [2.75, 3.05) is 5.32 Å². The molecule has 0 radical (unpaired) electrons. The van der Waals surface area contributed by atoms with Crippen LogP contribution in [0.5, 0.6) is 0 Å². The van der Waals surface area contributed by atoms with Gasteiger partial charge in [0, 0.05) is 12.3 Å². The molecule has 0 spiro atoms. The van der Waals surface area contributed by atoms with Gasteiger partial charge >= 0.3 is 0 Å². The third kappa shape index (κ3) is 2.39. The first-order valence-electron chi connectivity index (χ1n) is 6.09. The number of aromatic nitrogens is 3. The topological polar surface area (TPSA) is 66.0 Å². The predicted molar refractivity (Wildman–Crippen MR) is 71.4 cm³/mol. The van der Waals surface area contributed by atoms with Gasteiger partial charge in [-0.15, -0.1) is 0 Å². The summed E-state index contributed by atoms with van der Waals surface area (Å²) in [6.07, 6.45) is 3.19. The van der Waals surface area contributed by atoms with Crippen molar-refractivity contribution >= 4 is 11.3 Å². The molecule has 2 heterocycles. The Kier molecular flexibility index (Phi) is 3.20. The molecule has 0 amide bonds. The van der Waals surface area contributed by atoms with E-state index in [1.807, 2.05) is 0 Å². The molecule has 0 atom stereocenters. The smallest absolute Gasteiger partial charge is 0.155 e. The molecule has 0 saturated heterocycles. The Morgan fingerprint density at radius 2 is 1.95 bits per heavy atom. The quantitative estimate of drug-likeness (QED) is 0.803. The molecule has 104 valence electrons. The SMILES string of the molecule is N#Cc1cc(F)c(NCc2ccnc3ccnn23)c(F)c1. The van der Waals surface area contributed by atoms with Crippen LogP contribution in [0.15, 0.2) is 36.7 Å². The van der Waals surface area contributed by atoms with E-state index in [9.17, 15) is 8.78 Å². The zero-order chi connectivity index (χ0) is 14.8. The lowest BCUT2D eigenvalue weighted by molar-refractivity contribution is 0.586. The van der Waals surface area contributed by atoms with Crippen LogP contribution in [0, 0.1) is 23.0 Å². The molecule has 0 unspecified atom stereocenters. The molecule has 3 rings (SSSR count). The van der Waals surface area contributed by atoms with Crippen molar-refractivity contribution in [1.82, 2.24) is 14.6 Å². The first-order valence-corrected chi connectivity index (χ1v) is 6.09. The molecule has 1 aromatic carbocycles. The van der Waals surface area contributed by atoms with Gasteiger partial charge in [-0.2, -0.15) is 10.4 Å². The number of halogens is 2. The second kappa shape index (κ2) is 5.17. The van der Waals surface area contributed by atoms with Crippen molar-refractivity contribution in [1.29, 1.82) is 5.26 Å². The van der Waals surface area contributed by atoms with Crippen molar-refractivity contribution in [3.05, 3.63) is 59.6 Å². The Balaban J connectivity index is 1.89. The molecular weight excluding hydrogens is 276 g/mol. The fourth-order valence-electron chi connectivity index (χ4n) is 2.01. The highest BCUT2D eigenvalue weighted by Gasteiger charge is 2.11. The van der Waals surface area contributed by atoms with Crippen molar-refractivity contribution in [2.24, 2.45) is 0 Å². The summed E-state index contributed by atoms with van der Waals surface area (Å²) >= 11 is 0. The van der Waals surface area contributed by atoms with Gasteiger partial charge < -0.3 is 5.32 Å². The summed E-state index contributed by atoms with van der Waals surface area (Å²) in [5, 5.41) is 15.4. The maximum atomic E-state index is 13.8. The van der Waals surface area contributed by atoms with Crippen molar-refractivity contribution < 1.29 is 8.78 Å². The van der Waals surface area contributed by atoms with E-state index in [0.717, 1.165) is 12.1 Å². The van der Waals surface area contributed by atoms with E-state index in [1.54, 1.807) is 35.1 Å². The first-order chi connectivity index (χ1) is 10.2. The van der Waals surface area contributed by atoms with Crippen molar-refractivity contribution in [3.8, 4) is 6.07 Å². The minimum Gasteiger partial charge on any atom is -0.375 e. The molecule has 1 N–H and O–H groups in total. The van der Waals surface area contributed by atoms with Gasteiger partial charge in [0.1, 0.15) is 5.69 Å². The van der Waals surface area contributed by atoms with E-state index < -0.39 is 11.6 Å². The molecule has 0 aliphatic heterocycles. The van der Waals surface area contributed by atoms with Crippen LogP contribution >= 0.6 is 0 Å². The van der Waals surface area contributed by atoms with Crippen LogP contribution in [-0.2, 0) is 6.54 Å². The fourth-order valence-corrected chi connectivity index (χ4v) is 2.01. The van der Waals surface area contributed by atoms with E-state index in [1.165, 1.54) is 0 Å². The van der Waals surface area contributed by atoms with Gasteiger partial charge in [0.05, 0.1) is 30.1 Å². The molecule has 2 aromatic heterocycles. The van der Waals surface area contributed by atoms with Gasteiger partial charge in [-0.05, 0) is 18.2 Å². The van der Waals surface area contributed by atoms with Crippen molar-refractivity contribution in [2.45, 2.75) is 6.54 Å². The lowest BCUT2D eigenvalue weighted by atomic mass is 10.2. The molecule has 5 nitrogen and oxygen atoms in total. The van der Waals surface area contributed by atoms with Crippen molar-refractivity contribution in [3.63, 3.8) is 0 Å². The Bertz CT molecular complexity index is 827. The molecule has 0 fully saturated rings. The summed E-state index contributed by atoms with van der Waals surface area (Å²) in [4.78, 5) is 4.10. The molecule has 0 saturated carbocycles. The highest BCUT2D eigenvalue weighted by atomic mass is 19.1. The van der Waals surface area contributed by atoms with E-state index in [-0.39, 0.29) is 17.8 Å². The number of nitriles is 1. The molecule has 3 aromatic rings. The molecule has 21 heavy (non-hydrogen) atoms. The van der Waals surface area contributed by atoms with Gasteiger partial charge in [0.15, 0.2) is 17.3 Å². The summed E-state index contributed by atoms with van der Waals surface area (Å²) in [5.74, 6) is -1.62. The van der Waals surface area contributed by atoms with Crippen LogP contribution in [-0.4, -0.2) is 14.6 Å². The summed E-state index contributed by atoms with van der Waals surface area (Å²) in [7, 11) is 0. The highest BCUT2D eigenvalue weighted by Crippen LogP contribution is 2.21. The number of anilines is 1. The zero-order valence-corrected chi connectivity index (χ0v) is 10.7. The van der Waals surface area contributed by atoms with Gasteiger partial charge in [0.2, 0.25) is 0 Å². The van der Waals surface area contributed by atoms with Gasteiger partial charge in [-0.25, -0.2) is 18.3 Å². The number of nitrogens with zero attached hydrogens (tertiary/aromatic N) is 4. The highest BCUT2D eigenvalue weighted by molar-refractivity contribution is 5.50. The van der Waals surface area contributed by atoms with E-state index in [4.69, 9.17) is 5.26 Å². The summed E-state index contributed by atoms with van der Waals surface area (Å²) < 4.78 is 29.1. The summed E-state index contributed by atoms with van der Waals surface area (Å²) in [5.41, 5.74) is 1.02. The average molecular weight is 285 g/mol. The third-order valence-corrected chi connectivity index (χ3v) is 2.99. The fraction of sp³-hybridized carbons (Fsp3) is 0.0714. The normalized spacial score (nSPS) is 10.5. The number of benzene rings is 1. The summed E-state index contributed by atoms with van der Waals surface area (Å²) in [6.45, 7) is 0.167. The Hall–Kier alpha value is -3.01.